The van der Waals surface area contributed by atoms with E-state index < -0.39 is 36.3 Å². The minimum absolute atomic E-state index is 0.293. The monoisotopic (exact) mass is 261 g/mol. The third-order valence-corrected chi connectivity index (χ3v) is 2.94. The molecule has 0 bridgehead atoms. The van der Waals surface area contributed by atoms with Crippen LogP contribution in [0, 0.1) is 10.8 Å². The zero-order chi connectivity index (χ0) is 16.6. The summed E-state index contributed by atoms with van der Waals surface area (Å²) in [7, 11) is 0. The molecule has 0 aliphatic heterocycles. The van der Waals surface area contributed by atoms with Gasteiger partial charge in [-0.1, -0.05) is 27.2 Å². The van der Waals surface area contributed by atoms with Crippen molar-refractivity contribution in [2.24, 2.45) is 10.8 Å². The van der Waals surface area contributed by atoms with E-state index in [4.69, 9.17) is 8.85 Å². The average molecular weight is 261 g/mol. The van der Waals surface area contributed by atoms with Crippen LogP contribution in [0.2, 0.25) is 0 Å². The molecular formula is C15H29NO2. The molecular weight excluding hydrogens is 226 g/mol. The second-order valence-electron chi connectivity index (χ2n) is 7.20. The summed E-state index contributed by atoms with van der Waals surface area (Å²) >= 11 is 0. The predicted molar refractivity (Wildman–Crippen MR) is 74.6 cm³/mol. The first kappa shape index (κ1) is 11.1. The number of nitrogens with one attached hydrogen (secondary N) is 1. The highest BCUT2D eigenvalue weighted by atomic mass is 16.6. The van der Waals surface area contributed by atoms with Crippen LogP contribution in [-0.4, -0.2) is 18.2 Å². The third-order valence-electron chi connectivity index (χ3n) is 2.94. The van der Waals surface area contributed by atoms with Gasteiger partial charge in [0.15, 0.2) is 0 Å². The molecule has 1 rings (SSSR count). The molecule has 1 saturated carbocycles. The molecule has 0 heterocycles. The molecule has 1 aliphatic carbocycles. The van der Waals surface area contributed by atoms with Crippen molar-refractivity contribution in [1.29, 1.82) is 0 Å². The Balaban J connectivity index is 2.74. The number of hydrogen-bond acceptors (Lipinski definition) is 2. The smallest absolute Gasteiger partial charge is 0.407 e. The maximum absolute atomic E-state index is 11.8. The summed E-state index contributed by atoms with van der Waals surface area (Å²) in [5.74, 6) is 0. The van der Waals surface area contributed by atoms with Gasteiger partial charge in [0.25, 0.3) is 0 Å². The molecule has 0 aromatic heterocycles. The molecule has 1 fully saturated rings. The lowest BCUT2D eigenvalue weighted by Crippen LogP contribution is -2.42. The fourth-order valence-electron chi connectivity index (χ4n) is 2.41. The van der Waals surface area contributed by atoms with Crippen LogP contribution in [0.3, 0.4) is 0 Å². The van der Waals surface area contributed by atoms with Gasteiger partial charge >= 0.3 is 6.09 Å². The van der Waals surface area contributed by atoms with Crippen LogP contribution in [-0.2, 0) is 4.74 Å². The van der Waals surface area contributed by atoms with E-state index >= 15 is 0 Å². The Morgan fingerprint density at radius 1 is 1.33 bits per heavy atom. The number of ether oxygens (including phenoxy) is 1. The Labute approximate surface area is 116 Å². The van der Waals surface area contributed by atoms with Crippen molar-refractivity contribution in [3.8, 4) is 0 Å². The van der Waals surface area contributed by atoms with Crippen LogP contribution in [0.15, 0.2) is 0 Å². The van der Waals surface area contributed by atoms with E-state index in [0.29, 0.717) is 13.0 Å². The number of alkyl carbamates (subject to hydrolysis) is 1. The van der Waals surface area contributed by atoms with Crippen LogP contribution in [0.25, 0.3) is 0 Å². The lowest BCUT2D eigenvalue weighted by Gasteiger charge is -2.43. The van der Waals surface area contributed by atoms with E-state index in [2.05, 4.69) is 5.32 Å². The van der Waals surface area contributed by atoms with E-state index in [-0.39, 0.29) is 5.41 Å². The lowest BCUT2D eigenvalue weighted by molar-refractivity contribution is 0.0442. The van der Waals surface area contributed by atoms with Crippen LogP contribution >= 0.6 is 0 Å². The van der Waals surface area contributed by atoms with Gasteiger partial charge < -0.3 is 10.1 Å². The molecule has 0 saturated heterocycles. The van der Waals surface area contributed by atoms with Gasteiger partial charge in [-0.05, 0) is 50.8 Å². The molecule has 1 N–H and O–H groups in total. The molecule has 0 radical (unpaired) electrons. The minimum Gasteiger partial charge on any atom is -0.444 e. The largest absolute Gasteiger partial charge is 0.444 e. The van der Waals surface area contributed by atoms with Crippen LogP contribution < -0.4 is 5.32 Å². The van der Waals surface area contributed by atoms with Crippen molar-refractivity contribution < 1.29 is 13.6 Å². The summed E-state index contributed by atoms with van der Waals surface area (Å²) in [6, 6.07) is 0. The second kappa shape index (κ2) is 5.10. The quantitative estimate of drug-likeness (QED) is 0.812. The average Bonchev–Trinajstić information content (AvgIpc) is 2.29. The zero-order valence-electron chi connectivity index (χ0n) is 15.5. The summed E-state index contributed by atoms with van der Waals surface area (Å²) in [6.45, 7) is 11.5. The van der Waals surface area contributed by atoms with E-state index in [1.54, 1.807) is 20.8 Å². The standard InChI is InChI=1S/C15H29NO2/c1-13(2,3)18-12(17)16-11-15(6)9-7-8-14(4,5)10-15/h7-11H2,1-6H3,(H,16,17)/i7T,8T,9T. The van der Waals surface area contributed by atoms with Crippen molar-refractivity contribution in [2.45, 2.75) is 72.8 Å². The summed E-state index contributed by atoms with van der Waals surface area (Å²) < 4.78 is 29.7. The van der Waals surface area contributed by atoms with E-state index in [9.17, 15) is 4.79 Å². The van der Waals surface area contributed by atoms with Gasteiger partial charge in [-0.2, -0.15) is 0 Å². The molecule has 4 atom stereocenters. The Bertz CT molecular complexity index is 395. The first-order valence-electron chi connectivity index (χ1n) is 8.25. The Kier molecular flexibility index (Phi) is 3.15. The van der Waals surface area contributed by atoms with E-state index in [1.807, 2.05) is 20.8 Å². The molecule has 4 unspecified atom stereocenters. The molecule has 1 aliphatic rings. The topological polar surface area (TPSA) is 38.3 Å². The number of carbonyl (C=O) groups is 1. The Hall–Kier alpha value is -0.730. The number of rotatable bonds is 2. The number of carbonyl (C=O) groups excluding carboxylic acids is 1. The second-order valence-corrected chi connectivity index (χ2v) is 7.20. The molecule has 3 heteroatoms. The highest BCUT2D eigenvalue weighted by molar-refractivity contribution is 5.67. The highest BCUT2D eigenvalue weighted by Crippen LogP contribution is 2.45. The van der Waals surface area contributed by atoms with Gasteiger partial charge in [0, 0.05) is 10.7 Å². The lowest BCUT2D eigenvalue weighted by atomic mass is 9.64. The molecule has 3 nitrogen and oxygen atoms in total. The first-order chi connectivity index (χ1) is 9.28. The van der Waals surface area contributed by atoms with E-state index in [1.165, 1.54) is 0 Å². The Morgan fingerprint density at radius 3 is 2.50 bits per heavy atom. The van der Waals surface area contributed by atoms with Gasteiger partial charge in [0.05, 0.1) is 0 Å². The maximum Gasteiger partial charge on any atom is 0.407 e. The van der Waals surface area contributed by atoms with Gasteiger partial charge in [0.2, 0.25) is 0 Å². The molecule has 18 heavy (non-hydrogen) atoms. The molecule has 0 spiro atoms. The zero-order valence-corrected chi connectivity index (χ0v) is 12.5. The summed E-state index contributed by atoms with van der Waals surface area (Å²) in [4.78, 5) is 11.8. The van der Waals surface area contributed by atoms with Crippen LogP contribution in [0.4, 0.5) is 4.79 Å². The van der Waals surface area contributed by atoms with E-state index in [0.717, 1.165) is 0 Å². The highest BCUT2D eigenvalue weighted by Gasteiger charge is 2.36. The van der Waals surface area contributed by atoms with Gasteiger partial charge in [-0.25, -0.2) is 4.79 Å². The SMILES string of the molecule is [3H]C1C([3H])C(C)(C)CC(C)(CNC(=O)OC(C)(C)C)C1[3H]. The van der Waals surface area contributed by atoms with Crippen molar-refractivity contribution in [3.05, 3.63) is 0 Å². The fourth-order valence-corrected chi connectivity index (χ4v) is 2.41. The minimum atomic E-state index is -0.765. The van der Waals surface area contributed by atoms with Crippen molar-refractivity contribution in [2.75, 3.05) is 6.54 Å². The summed E-state index contributed by atoms with van der Waals surface area (Å²) in [6.07, 6.45) is -1.90. The van der Waals surface area contributed by atoms with Crippen LogP contribution in [0.5, 0.6) is 0 Å². The fraction of sp³-hybridized carbons (Fsp3) is 0.933. The summed E-state index contributed by atoms with van der Waals surface area (Å²) in [5, 5.41) is 2.73. The first-order valence-corrected chi connectivity index (χ1v) is 6.52. The van der Waals surface area contributed by atoms with Gasteiger partial charge in [-0.3, -0.25) is 0 Å². The molecule has 0 aromatic rings. The van der Waals surface area contributed by atoms with Crippen molar-refractivity contribution >= 4 is 6.09 Å². The summed E-state index contributed by atoms with van der Waals surface area (Å²) in [5.41, 5.74) is -1.42. The van der Waals surface area contributed by atoms with Crippen molar-refractivity contribution in [1.82, 2.24) is 5.32 Å². The number of hydrogen-bond donors (Lipinski definition) is 1. The molecule has 0 aromatic carbocycles. The van der Waals surface area contributed by atoms with Crippen LogP contribution in [0.1, 0.15) is 71.3 Å². The third kappa shape index (κ3) is 5.28. The Morgan fingerprint density at radius 2 is 1.94 bits per heavy atom. The van der Waals surface area contributed by atoms with Gasteiger partial charge in [-0.15, -0.1) is 0 Å². The van der Waals surface area contributed by atoms with Crippen molar-refractivity contribution in [3.63, 3.8) is 0 Å². The molecule has 1 amide bonds. The maximum atomic E-state index is 11.8. The van der Waals surface area contributed by atoms with Gasteiger partial charge in [0.1, 0.15) is 5.60 Å². The molecule has 106 valence electrons. The normalized spacial score (nSPS) is 42.3. The number of amides is 1. The predicted octanol–water partition coefficient (Wildman–Crippen LogP) is 4.12.